The quantitative estimate of drug-likeness (QED) is 0.703. The van der Waals surface area contributed by atoms with Crippen LogP contribution in [0.4, 0.5) is 0 Å². The first kappa shape index (κ1) is 17.2. The fraction of sp³-hybridized carbons (Fsp3) is 0.824. The lowest BCUT2D eigenvalue weighted by molar-refractivity contribution is 0.205. The third-order valence-corrected chi connectivity index (χ3v) is 4.53. The average Bonchev–Trinajstić information content (AvgIpc) is 2.84. The van der Waals surface area contributed by atoms with Crippen LogP contribution in [0.25, 0.3) is 0 Å². The average molecular weight is 279 g/mol. The van der Waals surface area contributed by atoms with E-state index < -0.39 is 0 Å². The highest BCUT2D eigenvalue weighted by Crippen LogP contribution is 2.33. The van der Waals surface area contributed by atoms with E-state index in [1.165, 1.54) is 37.8 Å². The number of hydrogen-bond acceptors (Lipinski definition) is 2. The zero-order valence-corrected chi connectivity index (χ0v) is 14.1. The van der Waals surface area contributed by atoms with Gasteiger partial charge in [-0.05, 0) is 37.2 Å². The first-order chi connectivity index (χ1) is 9.53. The van der Waals surface area contributed by atoms with E-state index in [4.69, 9.17) is 0 Å². The Morgan fingerprint density at radius 3 is 2.55 bits per heavy atom. The Labute approximate surface area is 125 Å². The second kappa shape index (κ2) is 8.46. The van der Waals surface area contributed by atoms with Gasteiger partial charge in [0.2, 0.25) is 0 Å². The molecule has 1 aromatic rings. The van der Waals surface area contributed by atoms with Gasteiger partial charge in [0, 0.05) is 31.5 Å². The van der Waals surface area contributed by atoms with Crippen molar-refractivity contribution in [3.63, 3.8) is 0 Å². The van der Waals surface area contributed by atoms with E-state index in [9.17, 15) is 0 Å². The minimum absolute atomic E-state index is 0.435. The van der Waals surface area contributed by atoms with Crippen molar-refractivity contribution >= 4 is 0 Å². The van der Waals surface area contributed by atoms with Gasteiger partial charge >= 0.3 is 0 Å². The summed E-state index contributed by atoms with van der Waals surface area (Å²) in [5.74, 6) is 0. The van der Waals surface area contributed by atoms with Gasteiger partial charge in [-0.25, -0.2) is 0 Å². The van der Waals surface area contributed by atoms with Crippen LogP contribution in [-0.2, 0) is 13.5 Å². The summed E-state index contributed by atoms with van der Waals surface area (Å²) in [6.07, 6.45) is 9.49. The Balaban J connectivity index is 2.66. The molecule has 116 valence electrons. The highest BCUT2D eigenvalue weighted by molar-refractivity contribution is 5.01. The normalized spacial score (nSPS) is 14.7. The van der Waals surface area contributed by atoms with E-state index in [-0.39, 0.29) is 0 Å². The Hall–Kier alpha value is -0.830. The van der Waals surface area contributed by atoms with Crippen molar-refractivity contribution in [1.82, 2.24) is 15.1 Å². The van der Waals surface area contributed by atoms with Gasteiger partial charge in [-0.1, -0.05) is 40.5 Å². The van der Waals surface area contributed by atoms with Gasteiger partial charge in [0.15, 0.2) is 0 Å². The molecule has 0 radical (unpaired) electrons. The number of rotatable bonds is 10. The van der Waals surface area contributed by atoms with Crippen molar-refractivity contribution in [2.45, 2.75) is 72.3 Å². The number of aromatic nitrogens is 2. The lowest BCUT2D eigenvalue weighted by Crippen LogP contribution is -2.38. The van der Waals surface area contributed by atoms with Crippen LogP contribution in [0.3, 0.4) is 0 Å². The molecule has 1 atom stereocenters. The van der Waals surface area contributed by atoms with Crippen LogP contribution in [0.2, 0.25) is 0 Å². The summed E-state index contributed by atoms with van der Waals surface area (Å²) in [7, 11) is 2.04. The van der Waals surface area contributed by atoms with Gasteiger partial charge < -0.3 is 5.32 Å². The molecule has 0 bridgehead atoms. The van der Waals surface area contributed by atoms with Crippen molar-refractivity contribution in [2.75, 3.05) is 6.54 Å². The summed E-state index contributed by atoms with van der Waals surface area (Å²) in [5, 5.41) is 7.95. The van der Waals surface area contributed by atoms with Gasteiger partial charge in [0.05, 0.1) is 0 Å². The molecule has 3 nitrogen and oxygen atoms in total. The predicted molar refractivity (Wildman–Crippen MR) is 86.9 cm³/mol. The summed E-state index contributed by atoms with van der Waals surface area (Å²) in [4.78, 5) is 0. The molecule has 20 heavy (non-hydrogen) atoms. The molecule has 1 heterocycles. The first-order valence-corrected chi connectivity index (χ1v) is 8.23. The van der Waals surface area contributed by atoms with E-state index in [0.29, 0.717) is 11.5 Å². The fourth-order valence-electron chi connectivity index (χ4n) is 2.79. The standard InChI is InChI=1S/C17H33N3/c1-6-8-11-17(7-2,14-18-15(3)4)12-9-16-10-13-19-20(16)5/h10,13,15,18H,6-9,11-12,14H2,1-5H3. The molecule has 3 heteroatoms. The monoisotopic (exact) mass is 279 g/mol. The minimum atomic E-state index is 0.435. The summed E-state index contributed by atoms with van der Waals surface area (Å²) in [6.45, 7) is 10.3. The van der Waals surface area contributed by atoms with E-state index in [2.05, 4.69) is 44.2 Å². The molecule has 0 saturated heterocycles. The second-order valence-corrected chi connectivity index (χ2v) is 6.44. The fourth-order valence-corrected chi connectivity index (χ4v) is 2.79. The predicted octanol–water partition coefficient (Wildman–Crippen LogP) is 3.94. The maximum absolute atomic E-state index is 4.28. The Morgan fingerprint density at radius 2 is 2.05 bits per heavy atom. The van der Waals surface area contributed by atoms with Crippen LogP contribution in [0.5, 0.6) is 0 Å². The molecule has 0 saturated carbocycles. The lowest BCUT2D eigenvalue weighted by Gasteiger charge is -2.34. The van der Waals surface area contributed by atoms with Crippen molar-refractivity contribution in [3.05, 3.63) is 18.0 Å². The minimum Gasteiger partial charge on any atom is -0.314 e. The number of nitrogens with zero attached hydrogens (tertiary/aromatic N) is 2. The van der Waals surface area contributed by atoms with E-state index >= 15 is 0 Å². The lowest BCUT2D eigenvalue weighted by atomic mass is 9.75. The molecular weight excluding hydrogens is 246 g/mol. The highest BCUT2D eigenvalue weighted by atomic mass is 15.2. The van der Waals surface area contributed by atoms with Crippen LogP contribution < -0.4 is 5.32 Å². The topological polar surface area (TPSA) is 29.9 Å². The molecular formula is C17H33N3. The zero-order chi connectivity index (χ0) is 15.0. The molecule has 0 spiro atoms. The molecule has 0 fully saturated rings. The molecule has 0 aliphatic heterocycles. The van der Waals surface area contributed by atoms with Crippen molar-refractivity contribution in [2.24, 2.45) is 12.5 Å². The third-order valence-electron chi connectivity index (χ3n) is 4.53. The number of unbranched alkanes of at least 4 members (excludes halogenated alkanes) is 1. The molecule has 0 aliphatic carbocycles. The Morgan fingerprint density at radius 1 is 1.30 bits per heavy atom. The van der Waals surface area contributed by atoms with Crippen LogP contribution in [0.1, 0.15) is 65.5 Å². The van der Waals surface area contributed by atoms with Crippen LogP contribution in [0.15, 0.2) is 12.3 Å². The second-order valence-electron chi connectivity index (χ2n) is 6.44. The van der Waals surface area contributed by atoms with Gasteiger partial charge in [-0.3, -0.25) is 4.68 Å². The number of hydrogen-bond donors (Lipinski definition) is 1. The smallest absolute Gasteiger partial charge is 0.0492 e. The van der Waals surface area contributed by atoms with Crippen LogP contribution in [0, 0.1) is 5.41 Å². The van der Waals surface area contributed by atoms with Crippen molar-refractivity contribution < 1.29 is 0 Å². The molecule has 1 N–H and O–H groups in total. The van der Waals surface area contributed by atoms with Gasteiger partial charge in [0.1, 0.15) is 0 Å². The summed E-state index contributed by atoms with van der Waals surface area (Å²) >= 11 is 0. The Bertz CT molecular complexity index is 370. The number of nitrogens with one attached hydrogen (secondary N) is 1. The first-order valence-electron chi connectivity index (χ1n) is 8.23. The molecule has 0 aromatic carbocycles. The highest BCUT2D eigenvalue weighted by Gasteiger charge is 2.27. The van der Waals surface area contributed by atoms with E-state index in [0.717, 1.165) is 13.0 Å². The molecule has 1 unspecified atom stereocenters. The molecule has 1 aromatic heterocycles. The Kier molecular flexibility index (Phi) is 7.28. The summed E-state index contributed by atoms with van der Waals surface area (Å²) in [6, 6.07) is 2.72. The SMILES string of the molecule is CCCCC(CC)(CCc1ccnn1C)CNC(C)C. The number of aryl methyl sites for hydroxylation is 2. The molecule has 0 aliphatic rings. The van der Waals surface area contributed by atoms with Crippen molar-refractivity contribution in [3.8, 4) is 0 Å². The van der Waals surface area contributed by atoms with E-state index in [1.807, 2.05) is 17.9 Å². The van der Waals surface area contributed by atoms with Gasteiger partial charge in [-0.2, -0.15) is 5.10 Å². The summed E-state index contributed by atoms with van der Waals surface area (Å²) in [5.41, 5.74) is 1.79. The van der Waals surface area contributed by atoms with Crippen LogP contribution >= 0.6 is 0 Å². The van der Waals surface area contributed by atoms with E-state index in [1.54, 1.807) is 0 Å². The largest absolute Gasteiger partial charge is 0.314 e. The zero-order valence-electron chi connectivity index (χ0n) is 14.1. The summed E-state index contributed by atoms with van der Waals surface area (Å²) < 4.78 is 2.01. The molecule has 0 amide bonds. The maximum Gasteiger partial charge on any atom is 0.0492 e. The van der Waals surface area contributed by atoms with Gasteiger partial charge in [0.25, 0.3) is 0 Å². The molecule has 1 rings (SSSR count). The third kappa shape index (κ3) is 5.28. The maximum atomic E-state index is 4.28. The van der Waals surface area contributed by atoms with Gasteiger partial charge in [-0.15, -0.1) is 0 Å². The van der Waals surface area contributed by atoms with Crippen LogP contribution in [-0.4, -0.2) is 22.4 Å². The van der Waals surface area contributed by atoms with Crippen molar-refractivity contribution in [1.29, 1.82) is 0 Å².